The van der Waals surface area contributed by atoms with Gasteiger partial charge in [0.1, 0.15) is 0 Å². The molecule has 0 aliphatic heterocycles. The first-order valence-corrected chi connectivity index (χ1v) is 7.59. The number of nitrogens with one attached hydrogen (secondary N) is 1. The summed E-state index contributed by atoms with van der Waals surface area (Å²) in [5.41, 5.74) is 6.21. The molecule has 0 saturated heterocycles. The van der Waals surface area contributed by atoms with Crippen LogP contribution in [0.25, 0.3) is 0 Å². The third-order valence-electron chi connectivity index (χ3n) is 3.82. The fourth-order valence-corrected chi connectivity index (χ4v) is 2.48. The minimum atomic E-state index is -4.24. The third kappa shape index (κ3) is 5.05. The maximum atomic E-state index is 12.8. The average molecular weight is 349 g/mol. The number of nitrogens with zero attached hydrogens (tertiary/aromatic N) is 1. The molecule has 0 bridgehead atoms. The van der Waals surface area contributed by atoms with E-state index in [0.29, 0.717) is 12.1 Å². The van der Waals surface area contributed by atoms with Crippen molar-refractivity contribution in [1.82, 2.24) is 4.98 Å². The number of rotatable bonds is 6. The fraction of sp³-hybridized carbons (Fsp3) is 0.600. The van der Waals surface area contributed by atoms with Gasteiger partial charge in [-0.3, -0.25) is 4.79 Å². The molecular formula is C15H19F4N3O2. The molecule has 2 atom stereocenters. The van der Waals surface area contributed by atoms with Crippen LogP contribution in [0.1, 0.15) is 25.7 Å². The van der Waals surface area contributed by atoms with Gasteiger partial charge in [-0.2, -0.15) is 8.78 Å². The largest absolute Gasteiger partial charge is 0.471 e. The molecule has 24 heavy (non-hydrogen) atoms. The topological polar surface area (TPSA) is 77.2 Å². The van der Waals surface area contributed by atoms with E-state index < -0.39 is 19.0 Å². The summed E-state index contributed by atoms with van der Waals surface area (Å²) in [7, 11) is 0. The number of aromatic nitrogens is 1. The van der Waals surface area contributed by atoms with Gasteiger partial charge in [-0.15, -0.1) is 0 Å². The van der Waals surface area contributed by atoms with Gasteiger partial charge in [0.25, 0.3) is 0 Å². The molecule has 5 nitrogen and oxygen atoms in total. The fourth-order valence-electron chi connectivity index (χ4n) is 2.48. The van der Waals surface area contributed by atoms with Crippen LogP contribution in [0, 0.1) is 5.92 Å². The predicted octanol–water partition coefficient (Wildman–Crippen LogP) is 2.82. The van der Waals surface area contributed by atoms with Crippen molar-refractivity contribution in [3.8, 4) is 5.88 Å². The Bertz CT molecular complexity index is 554. The van der Waals surface area contributed by atoms with Crippen LogP contribution >= 0.6 is 0 Å². The molecule has 2 rings (SSSR count). The number of pyridine rings is 1. The zero-order chi connectivity index (χ0) is 17.7. The Kier molecular flexibility index (Phi) is 5.98. The van der Waals surface area contributed by atoms with Gasteiger partial charge in [-0.25, -0.2) is 13.8 Å². The van der Waals surface area contributed by atoms with Gasteiger partial charge in [-0.1, -0.05) is 6.42 Å². The summed E-state index contributed by atoms with van der Waals surface area (Å²) in [6.45, 7) is -1.47. The number of hydrogen-bond acceptors (Lipinski definition) is 4. The summed E-state index contributed by atoms with van der Waals surface area (Å²) in [5, 5.41) is 2.67. The van der Waals surface area contributed by atoms with Gasteiger partial charge >= 0.3 is 12.3 Å². The van der Waals surface area contributed by atoms with Crippen molar-refractivity contribution in [3.63, 3.8) is 0 Å². The van der Waals surface area contributed by atoms with Crippen LogP contribution in [0.15, 0.2) is 18.3 Å². The summed E-state index contributed by atoms with van der Waals surface area (Å²) in [4.78, 5) is 15.8. The first kappa shape index (κ1) is 18.4. The number of anilines is 1. The Morgan fingerprint density at radius 2 is 2.17 bits per heavy atom. The molecule has 1 aliphatic carbocycles. The van der Waals surface area contributed by atoms with Crippen LogP contribution in [0.5, 0.6) is 5.88 Å². The minimum absolute atomic E-state index is 0.0138. The smallest absolute Gasteiger partial charge is 0.340 e. The number of amides is 1. The second-order valence-corrected chi connectivity index (χ2v) is 5.85. The summed E-state index contributed by atoms with van der Waals surface area (Å²) in [6, 6.07) is 2.65. The molecule has 0 radical (unpaired) electrons. The molecule has 134 valence electrons. The lowest BCUT2D eigenvalue weighted by Gasteiger charge is -2.25. The second-order valence-electron chi connectivity index (χ2n) is 5.85. The first-order chi connectivity index (χ1) is 11.3. The maximum absolute atomic E-state index is 12.8. The lowest BCUT2D eigenvalue weighted by molar-refractivity contribution is -0.148. The standard InChI is InChI=1S/C15H19F4N3O2/c16-14(17)15(18,19)8-24-12-5-4-11(7-21-12)22-13(23)9-2-1-3-10(20)6-9/h4-5,7,9-10,14H,1-3,6,8,20H2,(H,22,23). The highest BCUT2D eigenvalue weighted by molar-refractivity contribution is 5.92. The van der Waals surface area contributed by atoms with E-state index in [4.69, 9.17) is 5.73 Å². The zero-order valence-corrected chi connectivity index (χ0v) is 12.9. The van der Waals surface area contributed by atoms with Crippen LogP contribution < -0.4 is 15.8 Å². The number of hydrogen-bond donors (Lipinski definition) is 2. The van der Waals surface area contributed by atoms with Crippen molar-refractivity contribution >= 4 is 11.6 Å². The second kappa shape index (κ2) is 7.78. The number of carbonyl (C=O) groups is 1. The van der Waals surface area contributed by atoms with Crippen LogP contribution in [0.2, 0.25) is 0 Å². The van der Waals surface area contributed by atoms with E-state index in [-0.39, 0.29) is 23.7 Å². The molecule has 0 aromatic carbocycles. The molecule has 0 spiro atoms. The van der Waals surface area contributed by atoms with E-state index in [1.165, 1.54) is 18.3 Å². The van der Waals surface area contributed by atoms with Crippen molar-refractivity contribution < 1.29 is 27.1 Å². The number of halogens is 4. The van der Waals surface area contributed by atoms with Gasteiger partial charge in [0.2, 0.25) is 11.8 Å². The van der Waals surface area contributed by atoms with Crippen LogP contribution in [-0.2, 0) is 4.79 Å². The number of alkyl halides is 4. The maximum Gasteiger partial charge on any atom is 0.340 e. The molecule has 3 N–H and O–H groups in total. The zero-order valence-electron chi connectivity index (χ0n) is 12.9. The Hall–Kier alpha value is -1.90. The molecule has 9 heteroatoms. The van der Waals surface area contributed by atoms with E-state index in [0.717, 1.165) is 19.3 Å². The summed E-state index contributed by atoms with van der Waals surface area (Å²) in [5.74, 6) is -4.82. The number of ether oxygens (including phenoxy) is 1. The normalized spacial score (nSPS) is 21.6. The van der Waals surface area contributed by atoms with Crippen LogP contribution in [0.3, 0.4) is 0 Å². The van der Waals surface area contributed by atoms with Gasteiger partial charge in [-0.05, 0) is 25.3 Å². The Morgan fingerprint density at radius 1 is 1.42 bits per heavy atom. The Morgan fingerprint density at radius 3 is 2.75 bits per heavy atom. The summed E-state index contributed by atoms with van der Waals surface area (Å²) < 4.78 is 54.1. The quantitative estimate of drug-likeness (QED) is 0.774. The van der Waals surface area contributed by atoms with Gasteiger partial charge in [0, 0.05) is 18.0 Å². The summed E-state index contributed by atoms with van der Waals surface area (Å²) in [6.07, 6.45) is 0.581. The van der Waals surface area contributed by atoms with Crippen LogP contribution in [0.4, 0.5) is 23.2 Å². The van der Waals surface area contributed by atoms with E-state index >= 15 is 0 Å². The third-order valence-corrected chi connectivity index (χ3v) is 3.82. The Balaban J connectivity index is 1.86. The van der Waals surface area contributed by atoms with Crippen molar-refractivity contribution in [2.24, 2.45) is 11.7 Å². The highest BCUT2D eigenvalue weighted by Crippen LogP contribution is 2.26. The number of nitrogens with two attached hydrogens (primary N) is 1. The van der Waals surface area contributed by atoms with Crippen molar-refractivity contribution in [3.05, 3.63) is 18.3 Å². The van der Waals surface area contributed by atoms with E-state index in [9.17, 15) is 22.4 Å². The molecule has 1 fully saturated rings. The molecule has 1 heterocycles. The van der Waals surface area contributed by atoms with Crippen molar-refractivity contribution in [1.29, 1.82) is 0 Å². The van der Waals surface area contributed by atoms with E-state index in [2.05, 4.69) is 15.0 Å². The SMILES string of the molecule is NC1CCCC(C(=O)Nc2ccc(OCC(F)(F)C(F)F)nc2)C1. The van der Waals surface area contributed by atoms with Gasteiger partial charge in [0.05, 0.1) is 11.9 Å². The highest BCUT2D eigenvalue weighted by Gasteiger charge is 2.41. The first-order valence-electron chi connectivity index (χ1n) is 7.59. The molecule has 1 aromatic rings. The van der Waals surface area contributed by atoms with E-state index in [1.54, 1.807) is 0 Å². The molecule has 1 amide bonds. The molecular weight excluding hydrogens is 330 g/mol. The summed E-state index contributed by atoms with van der Waals surface area (Å²) >= 11 is 0. The number of carbonyl (C=O) groups excluding carboxylic acids is 1. The predicted molar refractivity (Wildman–Crippen MR) is 79.2 cm³/mol. The monoisotopic (exact) mass is 349 g/mol. The molecule has 2 unspecified atom stereocenters. The van der Waals surface area contributed by atoms with E-state index in [1.807, 2.05) is 0 Å². The molecule has 1 saturated carbocycles. The molecule has 1 aromatic heterocycles. The van der Waals surface area contributed by atoms with Crippen molar-refractivity contribution in [2.75, 3.05) is 11.9 Å². The molecule has 1 aliphatic rings. The minimum Gasteiger partial charge on any atom is -0.471 e. The Labute approximate surface area is 136 Å². The van der Waals surface area contributed by atoms with Gasteiger partial charge < -0.3 is 15.8 Å². The highest BCUT2D eigenvalue weighted by atomic mass is 19.3. The average Bonchev–Trinajstić information content (AvgIpc) is 2.54. The van der Waals surface area contributed by atoms with Gasteiger partial charge in [0.15, 0.2) is 6.61 Å². The lowest BCUT2D eigenvalue weighted by Crippen LogP contribution is -2.34. The lowest BCUT2D eigenvalue weighted by atomic mass is 9.85. The van der Waals surface area contributed by atoms with Crippen molar-refractivity contribution in [2.45, 2.75) is 44.1 Å². The van der Waals surface area contributed by atoms with Crippen LogP contribution in [-0.4, -0.2) is 35.9 Å².